The smallest absolute Gasteiger partial charge is 0.129 e. The van der Waals surface area contributed by atoms with Gasteiger partial charge in [-0.25, -0.2) is 4.39 Å². The Morgan fingerprint density at radius 2 is 2.12 bits per heavy atom. The van der Waals surface area contributed by atoms with E-state index in [4.69, 9.17) is 4.74 Å². The number of rotatable bonds is 4. The Hall–Kier alpha value is -0.450. The summed E-state index contributed by atoms with van der Waals surface area (Å²) < 4.78 is 19.7. The summed E-state index contributed by atoms with van der Waals surface area (Å²) in [6, 6.07) is 4.49. The second-order valence-electron chi connectivity index (χ2n) is 4.10. The van der Waals surface area contributed by atoms with E-state index in [0.29, 0.717) is 6.61 Å². The summed E-state index contributed by atoms with van der Waals surface area (Å²) in [6.45, 7) is 5.79. The molecule has 1 aromatic rings. The zero-order valence-corrected chi connectivity index (χ0v) is 11.2. The molecule has 0 saturated heterocycles. The SMILES string of the molecule is CCOC(C)(C)C(O)c1cc(Br)ccc1F. The van der Waals surface area contributed by atoms with Gasteiger partial charge in [-0.2, -0.15) is 0 Å². The van der Waals surface area contributed by atoms with Gasteiger partial charge >= 0.3 is 0 Å². The van der Waals surface area contributed by atoms with Gasteiger partial charge in [-0.15, -0.1) is 0 Å². The van der Waals surface area contributed by atoms with Gasteiger partial charge in [-0.3, -0.25) is 0 Å². The first-order chi connectivity index (χ1) is 7.38. The first-order valence-electron chi connectivity index (χ1n) is 5.15. The fourth-order valence-corrected chi connectivity index (χ4v) is 1.93. The Bertz CT molecular complexity index is 366. The van der Waals surface area contributed by atoms with Crippen LogP contribution < -0.4 is 0 Å². The van der Waals surface area contributed by atoms with Crippen molar-refractivity contribution in [3.8, 4) is 0 Å². The third-order valence-corrected chi connectivity index (χ3v) is 2.92. The molecule has 0 radical (unpaired) electrons. The molecule has 0 heterocycles. The quantitative estimate of drug-likeness (QED) is 0.921. The van der Waals surface area contributed by atoms with Crippen molar-refractivity contribution in [3.05, 3.63) is 34.1 Å². The van der Waals surface area contributed by atoms with Crippen molar-refractivity contribution in [1.82, 2.24) is 0 Å². The fraction of sp³-hybridized carbons (Fsp3) is 0.500. The van der Waals surface area contributed by atoms with Crippen LogP contribution >= 0.6 is 15.9 Å². The van der Waals surface area contributed by atoms with Crippen LogP contribution in [0.4, 0.5) is 4.39 Å². The second-order valence-corrected chi connectivity index (χ2v) is 5.02. The maximum Gasteiger partial charge on any atom is 0.129 e. The Morgan fingerprint density at radius 3 is 2.69 bits per heavy atom. The molecule has 1 aromatic carbocycles. The van der Waals surface area contributed by atoms with E-state index >= 15 is 0 Å². The summed E-state index contributed by atoms with van der Waals surface area (Å²) in [6.07, 6.45) is -0.995. The molecule has 0 saturated carbocycles. The van der Waals surface area contributed by atoms with Crippen LogP contribution in [-0.4, -0.2) is 17.3 Å². The molecular weight excluding hydrogens is 275 g/mol. The summed E-state index contributed by atoms with van der Waals surface area (Å²) in [5.74, 6) is -0.427. The second kappa shape index (κ2) is 5.25. The van der Waals surface area contributed by atoms with Gasteiger partial charge in [0.05, 0.1) is 5.60 Å². The number of benzene rings is 1. The molecule has 16 heavy (non-hydrogen) atoms. The zero-order valence-electron chi connectivity index (χ0n) is 9.63. The molecule has 4 heteroatoms. The Kier molecular flexibility index (Phi) is 4.47. The lowest BCUT2D eigenvalue weighted by Crippen LogP contribution is -2.33. The van der Waals surface area contributed by atoms with Crippen LogP contribution in [0.5, 0.6) is 0 Å². The highest BCUT2D eigenvalue weighted by atomic mass is 79.9. The number of aliphatic hydroxyl groups is 1. The van der Waals surface area contributed by atoms with Gasteiger partial charge in [0.15, 0.2) is 0 Å². The zero-order chi connectivity index (χ0) is 12.3. The van der Waals surface area contributed by atoms with Crippen LogP contribution in [0.2, 0.25) is 0 Å². The first-order valence-corrected chi connectivity index (χ1v) is 5.94. The van der Waals surface area contributed by atoms with Gasteiger partial charge in [-0.1, -0.05) is 15.9 Å². The van der Waals surface area contributed by atoms with Crippen LogP contribution in [0.3, 0.4) is 0 Å². The van der Waals surface area contributed by atoms with Crippen molar-refractivity contribution in [1.29, 1.82) is 0 Å². The van der Waals surface area contributed by atoms with E-state index in [1.54, 1.807) is 26.0 Å². The van der Waals surface area contributed by atoms with E-state index in [9.17, 15) is 9.50 Å². The van der Waals surface area contributed by atoms with Gasteiger partial charge in [0.1, 0.15) is 11.9 Å². The van der Waals surface area contributed by atoms with Gasteiger partial charge in [0, 0.05) is 16.6 Å². The topological polar surface area (TPSA) is 29.5 Å². The molecule has 0 bridgehead atoms. The highest BCUT2D eigenvalue weighted by molar-refractivity contribution is 9.10. The molecule has 1 atom stereocenters. The van der Waals surface area contributed by atoms with E-state index in [2.05, 4.69) is 15.9 Å². The van der Waals surface area contributed by atoms with E-state index in [0.717, 1.165) is 4.47 Å². The number of aliphatic hydroxyl groups excluding tert-OH is 1. The summed E-state index contributed by atoms with van der Waals surface area (Å²) in [5.41, 5.74) is -0.566. The van der Waals surface area contributed by atoms with Crippen molar-refractivity contribution >= 4 is 15.9 Å². The monoisotopic (exact) mass is 290 g/mol. The number of hydrogen-bond acceptors (Lipinski definition) is 2. The van der Waals surface area contributed by atoms with Crippen molar-refractivity contribution in [2.75, 3.05) is 6.61 Å². The molecule has 0 aliphatic carbocycles. The van der Waals surface area contributed by atoms with E-state index in [1.807, 2.05) is 6.92 Å². The van der Waals surface area contributed by atoms with Crippen molar-refractivity contribution < 1.29 is 14.2 Å². The average Bonchev–Trinajstić information content (AvgIpc) is 2.20. The minimum Gasteiger partial charge on any atom is -0.385 e. The summed E-state index contributed by atoms with van der Waals surface area (Å²) >= 11 is 3.25. The molecule has 1 N–H and O–H groups in total. The number of hydrogen-bond donors (Lipinski definition) is 1. The molecular formula is C12H16BrFO2. The summed E-state index contributed by atoms with van der Waals surface area (Å²) in [5, 5.41) is 10.1. The van der Waals surface area contributed by atoms with Crippen LogP contribution in [0.1, 0.15) is 32.4 Å². The van der Waals surface area contributed by atoms with Gasteiger partial charge in [0.2, 0.25) is 0 Å². The molecule has 0 aliphatic rings. The van der Waals surface area contributed by atoms with Gasteiger partial charge in [-0.05, 0) is 39.0 Å². The summed E-state index contributed by atoms with van der Waals surface area (Å²) in [4.78, 5) is 0. The highest BCUT2D eigenvalue weighted by Crippen LogP contribution is 2.31. The Balaban J connectivity index is 3.03. The molecule has 0 aliphatic heterocycles. The van der Waals surface area contributed by atoms with Crippen LogP contribution in [-0.2, 0) is 4.74 Å². The molecule has 1 unspecified atom stereocenters. The molecule has 2 nitrogen and oxygen atoms in total. The molecule has 0 spiro atoms. The largest absolute Gasteiger partial charge is 0.385 e. The lowest BCUT2D eigenvalue weighted by molar-refractivity contribution is -0.0994. The third kappa shape index (κ3) is 3.03. The maximum absolute atomic E-state index is 13.6. The average molecular weight is 291 g/mol. The first kappa shape index (κ1) is 13.6. The predicted octanol–water partition coefficient (Wildman–Crippen LogP) is 3.44. The van der Waals surface area contributed by atoms with Crippen LogP contribution in [0.25, 0.3) is 0 Å². The molecule has 0 aromatic heterocycles. The van der Waals surface area contributed by atoms with Gasteiger partial charge in [0.25, 0.3) is 0 Å². The summed E-state index contributed by atoms with van der Waals surface area (Å²) in [7, 11) is 0. The number of ether oxygens (including phenoxy) is 1. The molecule has 1 rings (SSSR count). The van der Waals surface area contributed by atoms with E-state index < -0.39 is 17.5 Å². The number of halogens is 2. The van der Waals surface area contributed by atoms with Crippen molar-refractivity contribution in [2.24, 2.45) is 0 Å². The third-order valence-electron chi connectivity index (χ3n) is 2.43. The molecule has 0 fully saturated rings. The normalized spacial score (nSPS) is 13.9. The van der Waals surface area contributed by atoms with Crippen LogP contribution in [0, 0.1) is 5.82 Å². The predicted molar refractivity (Wildman–Crippen MR) is 64.8 cm³/mol. The maximum atomic E-state index is 13.6. The minimum absolute atomic E-state index is 0.243. The van der Waals surface area contributed by atoms with E-state index in [1.165, 1.54) is 6.07 Å². The van der Waals surface area contributed by atoms with Crippen molar-refractivity contribution in [2.45, 2.75) is 32.5 Å². The minimum atomic E-state index is -0.995. The molecule has 90 valence electrons. The van der Waals surface area contributed by atoms with Crippen LogP contribution in [0.15, 0.2) is 22.7 Å². The fourth-order valence-electron chi connectivity index (χ4n) is 1.55. The Labute approximate surface area is 104 Å². The highest BCUT2D eigenvalue weighted by Gasteiger charge is 2.31. The Morgan fingerprint density at radius 1 is 1.50 bits per heavy atom. The molecule has 0 amide bonds. The standard InChI is InChI=1S/C12H16BrFO2/c1-4-16-12(2,3)11(15)9-7-8(13)5-6-10(9)14/h5-7,11,15H,4H2,1-3H3. The van der Waals surface area contributed by atoms with E-state index in [-0.39, 0.29) is 5.56 Å². The van der Waals surface area contributed by atoms with Crippen molar-refractivity contribution in [3.63, 3.8) is 0 Å². The van der Waals surface area contributed by atoms with Gasteiger partial charge < -0.3 is 9.84 Å². The lowest BCUT2D eigenvalue weighted by atomic mass is 9.94. The lowest BCUT2D eigenvalue weighted by Gasteiger charge is -2.30.